The quantitative estimate of drug-likeness (QED) is 0.144. The van der Waals surface area contributed by atoms with Gasteiger partial charge in [0.25, 0.3) is 0 Å². The van der Waals surface area contributed by atoms with Crippen LogP contribution in [0.3, 0.4) is 0 Å². The Morgan fingerprint density at radius 3 is 1.44 bits per heavy atom. The Morgan fingerprint density at radius 1 is 0.469 bits per heavy atom. The average Bonchev–Trinajstić information content (AvgIpc) is 2.83. The molecule has 1 heterocycles. The molecule has 0 unspecified atom stereocenters. The topological polar surface area (TPSA) is 3.88 Å². The largest absolute Gasteiger partial charge is 0.205 e. The first-order chi connectivity index (χ1) is 15.9. The van der Waals surface area contributed by atoms with Crippen LogP contribution in [0.5, 0.6) is 0 Å². The minimum Gasteiger partial charge on any atom is -0.205 e. The highest BCUT2D eigenvalue weighted by Crippen LogP contribution is 2.14. The van der Waals surface area contributed by atoms with Crippen LogP contribution in [0.25, 0.3) is 0 Å². The van der Waals surface area contributed by atoms with E-state index < -0.39 is 0 Å². The molecule has 1 heteroatoms. The van der Waals surface area contributed by atoms with Gasteiger partial charge in [0.2, 0.25) is 0 Å². The van der Waals surface area contributed by atoms with E-state index in [0.29, 0.717) is 0 Å². The van der Waals surface area contributed by atoms with Gasteiger partial charge in [-0.25, -0.2) is 4.57 Å². The highest BCUT2D eigenvalue weighted by Gasteiger charge is 2.02. The number of pyridine rings is 1. The van der Waals surface area contributed by atoms with Gasteiger partial charge in [-0.05, 0) is 30.4 Å². The lowest BCUT2D eigenvalue weighted by molar-refractivity contribution is -0.697. The molecule has 1 nitrogen and oxygen atoms in total. The number of rotatable bonds is 20. The monoisotopic (exact) mass is 436 g/mol. The SMILES string of the molecule is CCCCCCCCCCCCCCCCCc1cc[n+](CCCc2ccccc2)cc1. The number of benzene rings is 1. The summed E-state index contributed by atoms with van der Waals surface area (Å²) < 4.78 is 2.33. The summed E-state index contributed by atoms with van der Waals surface area (Å²) in [6, 6.07) is 15.5. The number of unbranched alkanes of at least 4 members (excludes halogenated alkanes) is 14. The third-order valence-corrected chi connectivity index (χ3v) is 6.75. The van der Waals surface area contributed by atoms with Crippen molar-refractivity contribution in [3.63, 3.8) is 0 Å². The van der Waals surface area contributed by atoms with E-state index in [2.05, 4.69) is 66.3 Å². The Kier molecular flexibility index (Phi) is 15.7. The number of nitrogens with zero attached hydrogens (tertiary/aromatic N) is 1. The molecule has 0 aliphatic carbocycles. The minimum atomic E-state index is 1.11. The second kappa shape index (κ2) is 18.9. The van der Waals surface area contributed by atoms with Crippen LogP contribution in [0, 0.1) is 0 Å². The van der Waals surface area contributed by atoms with E-state index in [0.717, 1.165) is 13.0 Å². The Hall–Kier alpha value is -1.63. The van der Waals surface area contributed by atoms with Gasteiger partial charge < -0.3 is 0 Å². The van der Waals surface area contributed by atoms with Crippen molar-refractivity contribution in [2.75, 3.05) is 0 Å². The normalized spacial score (nSPS) is 11.2. The molecule has 0 aliphatic heterocycles. The smallest absolute Gasteiger partial charge is 0.169 e. The second-order valence-corrected chi connectivity index (χ2v) is 9.73. The first kappa shape index (κ1) is 26.6. The van der Waals surface area contributed by atoms with Crippen molar-refractivity contribution in [1.29, 1.82) is 0 Å². The van der Waals surface area contributed by atoms with E-state index in [4.69, 9.17) is 0 Å². The molecule has 2 aromatic rings. The molecule has 32 heavy (non-hydrogen) atoms. The molecule has 178 valence electrons. The Labute approximate surface area is 199 Å². The van der Waals surface area contributed by atoms with Crippen molar-refractivity contribution in [2.24, 2.45) is 0 Å². The van der Waals surface area contributed by atoms with Gasteiger partial charge in [-0.15, -0.1) is 0 Å². The van der Waals surface area contributed by atoms with E-state index in [1.54, 1.807) is 0 Å². The highest BCUT2D eigenvalue weighted by molar-refractivity contribution is 5.14. The summed E-state index contributed by atoms with van der Waals surface area (Å²) in [7, 11) is 0. The summed E-state index contributed by atoms with van der Waals surface area (Å²) in [4.78, 5) is 0. The van der Waals surface area contributed by atoms with Crippen molar-refractivity contribution < 1.29 is 4.57 Å². The molecule has 0 fully saturated rings. The fourth-order valence-corrected chi connectivity index (χ4v) is 4.61. The minimum absolute atomic E-state index is 1.11. The first-order valence-corrected chi connectivity index (χ1v) is 13.9. The number of hydrogen-bond acceptors (Lipinski definition) is 0. The predicted octanol–water partition coefficient (Wildman–Crippen LogP) is 9.02. The standard InChI is InChI=1S/C31H50N/c1-2-3-4-5-6-7-8-9-10-11-12-13-14-15-17-23-31-25-28-32(29-26-31)27-20-24-30-21-18-16-19-22-30/h16,18-19,21-22,25-26,28-29H,2-15,17,20,23-24,27H2,1H3/q+1. The zero-order valence-corrected chi connectivity index (χ0v) is 21.1. The van der Waals surface area contributed by atoms with Crippen LogP contribution in [0.4, 0.5) is 0 Å². The van der Waals surface area contributed by atoms with Gasteiger partial charge in [0, 0.05) is 18.6 Å². The van der Waals surface area contributed by atoms with Crippen molar-refractivity contribution in [3.8, 4) is 0 Å². The molecular formula is C31H50N+. The maximum atomic E-state index is 2.33. The van der Waals surface area contributed by atoms with E-state index in [-0.39, 0.29) is 0 Å². The summed E-state index contributed by atoms with van der Waals surface area (Å²) in [5.41, 5.74) is 2.94. The lowest BCUT2D eigenvalue weighted by atomic mass is 10.0. The zero-order chi connectivity index (χ0) is 22.5. The molecule has 0 radical (unpaired) electrons. The third-order valence-electron chi connectivity index (χ3n) is 6.75. The van der Waals surface area contributed by atoms with E-state index in [9.17, 15) is 0 Å². The molecule has 2 rings (SSSR count). The highest BCUT2D eigenvalue weighted by atomic mass is 14.9. The fourth-order valence-electron chi connectivity index (χ4n) is 4.61. The average molecular weight is 437 g/mol. The number of aryl methyl sites for hydroxylation is 3. The molecule has 0 saturated heterocycles. The van der Waals surface area contributed by atoms with Crippen LogP contribution < -0.4 is 4.57 Å². The lowest BCUT2D eigenvalue weighted by Gasteiger charge is -2.04. The molecule has 0 bridgehead atoms. The van der Waals surface area contributed by atoms with Crippen molar-refractivity contribution in [2.45, 2.75) is 129 Å². The molecule has 0 atom stereocenters. The summed E-state index contributed by atoms with van der Waals surface area (Å²) in [6.45, 7) is 3.40. The van der Waals surface area contributed by atoms with Gasteiger partial charge in [0.1, 0.15) is 6.54 Å². The van der Waals surface area contributed by atoms with Crippen molar-refractivity contribution in [3.05, 3.63) is 66.0 Å². The van der Waals surface area contributed by atoms with E-state index in [1.807, 2.05) is 0 Å². The third kappa shape index (κ3) is 13.7. The summed E-state index contributed by atoms with van der Waals surface area (Å²) in [5.74, 6) is 0. The zero-order valence-electron chi connectivity index (χ0n) is 21.1. The van der Waals surface area contributed by atoms with Crippen LogP contribution in [0.2, 0.25) is 0 Å². The van der Waals surface area contributed by atoms with Gasteiger partial charge in [-0.2, -0.15) is 0 Å². The maximum Gasteiger partial charge on any atom is 0.169 e. The van der Waals surface area contributed by atoms with Crippen LogP contribution in [0.15, 0.2) is 54.9 Å². The van der Waals surface area contributed by atoms with Crippen LogP contribution in [0.1, 0.15) is 121 Å². The molecule has 0 saturated carbocycles. The summed E-state index contributed by atoms with van der Waals surface area (Å²) in [5, 5.41) is 0. The summed E-state index contributed by atoms with van der Waals surface area (Å²) >= 11 is 0. The van der Waals surface area contributed by atoms with E-state index >= 15 is 0 Å². The maximum absolute atomic E-state index is 2.33. The second-order valence-electron chi connectivity index (χ2n) is 9.73. The Morgan fingerprint density at radius 2 is 0.906 bits per heavy atom. The fraction of sp³-hybridized carbons (Fsp3) is 0.645. The molecule has 0 aliphatic rings. The van der Waals surface area contributed by atoms with Crippen molar-refractivity contribution in [1.82, 2.24) is 0 Å². The molecule has 1 aromatic carbocycles. The van der Waals surface area contributed by atoms with Crippen LogP contribution >= 0.6 is 0 Å². The lowest BCUT2D eigenvalue weighted by Crippen LogP contribution is -2.32. The predicted molar refractivity (Wildman–Crippen MR) is 140 cm³/mol. The van der Waals surface area contributed by atoms with Crippen LogP contribution in [-0.4, -0.2) is 0 Å². The summed E-state index contributed by atoms with van der Waals surface area (Å²) in [6.07, 6.45) is 29.7. The number of hydrogen-bond donors (Lipinski definition) is 0. The Balaban J connectivity index is 1.37. The van der Waals surface area contributed by atoms with Gasteiger partial charge in [0.05, 0.1) is 0 Å². The van der Waals surface area contributed by atoms with Crippen molar-refractivity contribution >= 4 is 0 Å². The molecule has 0 spiro atoms. The number of aromatic nitrogens is 1. The molecule has 0 N–H and O–H groups in total. The molecule has 1 aromatic heterocycles. The molecule has 0 amide bonds. The van der Waals surface area contributed by atoms with E-state index in [1.165, 1.54) is 120 Å². The van der Waals surface area contributed by atoms with Gasteiger partial charge in [-0.1, -0.05) is 127 Å². The van der Waals surface area contributed by atoms with Gasteiger partial charge in [-0.3, -0.25) is 0 Å². The first-order valence-electron chi connectivity index (χ1n) is 13.9. The van der Waals surface area contributed by atoms with Gasteiger partial charge >= 0.3 is 0 Å². The van der Waals surface area contributed by atoms with Crippen LogP contribution in [-0.2, 0) is 19.4 Å². The Bertz CT molecular complexity index is 646. The van der Waals surface area contributed by atoms with Gasteiger partial charge in [0.15, 0.2) is 12.4 Å². The molecular weight excluding hydrogens is 386 g/mol.